The van der Waals surface area contributed by atoms with Crippen LogP contribution in [0.25, 0.3) is 0 Å². The molecule has 0 aliphatic rings. The number of carbonyl (C=O) groups is 3. The van der Waals surface area contributed by atoms with E-state index in [1.54, 1.807) is 104 Å². The van der Waals surface area contributed by atoms with E-state index in [1.165, 1.54) is 4.90 Å². The SMILES string of the molecule is CN(C(=O)c1cccc(C(=O)N(C)c2ccccc2)c1)c1ccccc1.CN(C=O)c1ccccc1.Cc1ccc(S(=O)(=O)Nc2ccccc2)cc1. The van der Waals surface area contributed by atoms with Gasteiger partial charge < -0.3 is 14.7 Å². The number of nitrogens with zero attached hydrogens (tertiary/aromatic N) is 3. The summed E-state index contributed by atoms with van der Waals surface area (Å²) in [7, 11) is 1.69. The van der Waals surface area contributed by atoms with Crippen LogP contribution in [0.1, 0.15) is 26.3 Å². The van der Waals surface area contributed by atoms with Crippen LogP contribution in [0.2, 0.25) is 0 Å². The summed E-state index contributed by atoms with van der Waals surface area (Å²) < 4.78 is 26.5. The minimum Gasteiger partial charge on any atom is -0.318 e. The lowest BCUT2D eigenvalue weighted by molar-refractivity contribution is -0.107. The smallest absolute Gasteiger partial charge is 0.261 e. The molecule has 0 radical (unpaired) electrons. The summed E-state index contributed by atoms with van der Waals surface area (Å²) in [6.45, 7) is 1.92. The number of benzene rings is 6. The highest BCUT2D eigenvalue weighted by Crippen LogP contribution is 2.19. The zero-order valence-electron chi connectivity index (χ0n) is 30.0. The molecule has 0 aliphatic carbocycles. The van der Waals surface area contributed by atoms with E-state index in [2.05, 4.69) is 4.72 Å². The lowest BCUT2D eigenvalue weighted by Crippen LogP contribution is -2.28. The van der Waals surface area contributed by atoms with Gasteiger partial charge in [-0.25, -0.2) is 8.42 Å². The zero-order chi connectivity index (χ0) is 38.2. The molecule has 6 aromatic carbocycles. The van der Waals surface area contributed by atoms with E-state index >= 15 is 0 Å². The Labute approximate surface area is 311 Å². The van der Waals surface area contributed by atoms with Crippen LogP contribution < -0.4 is 19.4 Å². The third-order valence-electron chi connectivity index (χ3n) is 7.93. The number of anilines is 4. The lowest BCUT2D eigenvalue weighted by Gasteiger charge is -2.19. The van der Waals surface area contributed by atoms with Crippen molar-refractivity contribution in [3.05, 3.63) is 187 Å². The Bertz CT molecular complexity index is 2090. The molecule has 53 heavy (non-hydrogen) atoms. The van der Waals surface area contributed by atoms with Crippen molar-refractivity contribution in [2.24, 2.45) is 0 Å². The molecular formula is C43H42N4O5S. The molecule has 0 aliphatic heterocycles. The fourth-order valence-electron chi connectivity index (χ4n) is 4.87. The Balaban J connectivity index is 0.000000198. The topological polar surface area (TPSA) is 107 Å². The van der Waals surface area contributed by atoms with E-state index in [0.717, 1.165) is 29.0 Å². The van der Waals surface area contributed by atoms with Gasteiger partial charge in [0.2, 0.25) is 6.41 Å². The number of aryl methyl sites for hydroxylation is 1. The minimum atomic E-state index is -3.48. The van der Waals surface area contributed by atoms with E-state index in [4.69, 9.17) is 0 Å². The average Bonchev–Trinajstić information content (AvgIpc) is 3.21. The molecule has 1 N–H and O–H groups in total. The first kappa shape index (κ1) is 39.3. The summed E-state index contributed by atoms with van der Waals surface area (Å²) in [5.41, 5.74) is 5.06. The van der Waals surface area contributed by atoms with Gasteiger partial charge in [-0.3, -0.25) is 19.1 Å². The Morgan fingerprint density at radius 3 is 1.34 bits per heavy atom. The molecule has 0 unspecified atom stereocenters. The minimum absolute atomic E-state index is 0.159. The van der Waals surface area contributed by atoms with Gasteiger partial charge in [0.25, 0.3) is 21.8 Å². The number of amides is 3. The number of nitrogens with one attached hydrogen (secondary N) is 1. The van der Waals surface area contributed by atoms with E-state index in [1.807, 2.05) is 104 Å². The lowest BCUT2D eigenvalue weighted by atomic mass is 10.1. The van der Waals surface area contributed by atoms with Crippen LogP contribution in [0.5, 0.6) is 0 Å². The molecule has 0 saturated carbocycles. The van der Waals surface area contributed by atoms with Crippen molar-refractivity contribution < 1.29 is 22.8 Å². The van der Waals surface area contributed by atoms with Gasteiger partial charge >= 0.3 is 0 Å². The third-order valence-corrected chi connectivity index (χ3v) is 9.33. The summed E-state index contributed by atoms with van der Waals surface area (Å²) in [6, 6.07) is 50.7. The Kier molecular flexibility index (Phi) is 14.2. The molecule has 0 bridgehead atoms. The first-order chi connectivity index (χ1) is 25.5. The highest BCUT2D eigenvalue weighted by Gasteiger charge is 2.18. The monoisotopic (exact) mass is 726 g/mol. The Morgan fingerprint density at radius 2 is 0.925 bits per heavy atom. The van der Waals surface area contributed by atoms with Crippen LogP contribution in [0.4, 0.5) is 22.7 Å². The maximum absolute atomic E-state index is 12.8. The van der Waals surface area contributed by atoms with E-state index in [0.29, 0.717) is 16.8 Å². The van der Waals surface area contributed by atoms with E-state index in [-0.39, 0.29) is 16.7 Å². The molecule has 0 heterocycles. The van der Waals surface area contributed by atoms with Gasteiger partial charge in [-0.15, -0.1) is 0 Å². The van der Waals surface area contributed by atoms with Crippen molar-refractivity contribution >= 4 is 51.0 Å². The second kappa shape index (κ2) is 19.2. The third kappa shape index (κ3) is 11.5. The normalized spacial score (nSPS) is 10.3. The first-order valence-electron chi connectivity index (χ1n) is 16.6. The summed E-state index contributed by atoms with van der Waals surface area (Å²) in [5, 5.41) is 0. The van der Waals surface area contributed by atoms with E-state index in [9.17, 15) is 22.8 Å². The predicted octanol–water partition coefficient (Wildman–Crippen LogP) is 8.31. The fourth-order valence-corrected chi connectivity index (χ4v) is 5.93. The summed E-state index contributed by atoms with van der Waals surface area (Å²) in [6.07, 6.45) is 0.787. The summed E-state index contributed by atoms with van der Waals surface area (Å²) in [5.74, 6) is -0.318. The van der Waals surface area contributed by atoms with Crippen molar-refractivity contribution in [3.8, 4) is 0 Å². The molecule has 270 valence electrons. The largest absolute Gasteiger partial charge is 0.318 e. The number of rotatable bonds is 9. The number of sulfonamides is 1. The number of hydrogen-bond donors (Lipinski definition) is 1. The van der Waals surface area contributed by atoms with Crippen LogP contribution in [0, 0.1) is 6.92 Å². The molecule has 0 fully saturated rings. The Morgan fingerprint density at radius 1 is 0.528 bits per heavy atom. The van der Waals surface area contributed by atoms with Gasteiger partial charge in [0.15, 0.2) is 0 Å². The molecule has 9 nitrogen and oxygen atoms in total. The van der Waals surface area contributed by atoms with Gasteiger partial charge in [0.1, 0.15) is 0 Å². The second-order valence-electron chi connectivity index (χ2n) is 11.8. The number of carbonyl (C=O) groups excluding carboxylic acids is 3. The molecule has 0 atom stereocenters. The van der Waals surface area contributed by atoms with Gasteiger partial charge in [-0.05, 0) is 85.8 Å². The second-order valence-corrected chi connectivity index (χ2v) is 13.5. The van der Waals surface area contributed by atoms with Gasteiger partial charge in [-0.2, -0.15) is 0 Å². The summed E-state index contributed by atoms with van der Waals surface area (Å²) in [4.78, 5) is 40.7. The zero-order valence-corrected chi connectivity index (χ0v) is 30.9. The molecule has 6 rings (SSSR count). The molecule has 3 amide bonds. The number of hydrogen-bond acceptors (Lipinski definition) is 5. The molecule has 10 heteroatoms. The summed E-state index contributed by atoms with van der Waals surface area (Å²) >= 11 is 0. The molecular weight excluding hydrogens is 685 g/mol. The van der Waals surface area contributed by atoms with Crippen molar-refractivity contribution in [2.45, 2.75) is 11.8 Å². The molecule has 0 spiro atoms. The van der Waals surface area contributed by atoms with Gasteiger partial charge in [-0.1, -0.05) is 96.6 Å². The van der Waals surface area contributed by atoms with Crippen molar-refractivity contribution in [2.75, 3.05) is 40.6 Å². The van der Waals surface area contributed by atoms with Gasteiger partial charge in [0, 0.05) is 55.0 Å². The fraction of sp³-hybridized carbons (Fsp3) is 0.0930. The van der Waals surface area contributed by atoms with Crippen LogP contribution in [0.3, 0.4) is 0 Å². The maximum Gasteiger partial charge on any atom is 0.261 e. The first-order valence-corrected chi connectivity index (χ1v) is 18.1. The quantitative estimate of drug-likeness (QED) is 0.151. The van der Waals surface area contributed by atoms with Crippen LogP contribution >= 0.6 is 0 Å². The van der Waals surface area contributed by atoms with Crippen molar-refractivity contribution in [3.63, 3.8) is 0 Å². The van der Waals surface area contributed by atoms with Crippen molar-refractivity contribution in [1.29, 1.82) is 0 Å². The average molecular weight is 727 g/mol. The van der Waals surface area contributed by atoms with E-state index < -0.39 is 10.0 Å². The number of para-hydroxylation sites is 4. The van der Waals surface area contributed by atoms with Gasteiger partial charge in [0.05, 0.1) is 4.90 Å². The Hall–Kier alpha value is -6.52. The highest BCUT2D eigenvalue weighted by atomic mass is 32.2. The van der Waals surface area contributed by atoms with Crippen LogP contribution in [-0.4, -0.2) is 47.8 Å². The van der Waals surface area contributed by atoms with Crippen molar-refractivity contribution in [1.82, 2.24) is 0 Å². The van der Waals surface area contributed by atoms with Crippen LogP contribution in [-0.2, 0) is 14.8 Å². The molecule has 6 aromatic rings. The molecule has 0 aromatic heterocycles. The predicted molar refractivity (Wildman–Crippen MR) is 214 cm³/mol. The maximum atomic E-state index is 12.8. The van der Waals surface area contributed by atoms with Crippen LogP contribution in [0.15, 0.2) is 175 Å². The molecule has 0 saturated heterocycles. The standard InChI is InChI=1S/C22H20N2O2.C13H13NO2S.C8H9NO/c1-23(19-12-5-3-6-13-19)21(25)17-10-9-11-18(16-17)22(26)24(2)20-14-7-4-8-15-20;1-11-7-9-13(10-8-11)17(15,16)14-12-5-3-2-4-6-12;1-9(7-10)8-5-3-2-4-6-8/h3-16H,1-2H3;2-10,14H,1H3;2-7H,1H3. The highest BCUT2D eigenvalue weighted by molar-refractivity contribution is 7.92.